The molecule has 0 aliphatic carbocycles. The molecule has 0 radical (unpaired) electrons. The van der Waals surface area contributed by atoms with Crippen molar-refractivity contribution in [3.8, 4) is 0 Å². The molecule has 0 saturated carbocycles. The highest BCUT2D eigenvalue weighted by Gasteiger charge is 2.21. The third kappa shape index (κ3) is 5.28. The van der Waals surface area contributed by atoms with Crippen LogP contribution in [0.4, 0.5) is 11.4 Å². The summed E-state index contributed by atoms with van der Waals surface area (Å²) in [4.78, 5) is 11.4. The van der Waals surface area contributed by atoms with Crippen LogP contribution in [0.2, 0.25) is 0 Å². The highest BCUT2D eigenvalue weighted by Crippen LogP contribution is 2.19. The van der Waals surface area contributed by atoms with Crippen LogP contribution in [0.5, 0.6) is 0 Å². The lowest BCUT2D eigenvalue weighted by Crippen LogP contribution is -2.39. The Kier molecular flexibility index (Phi) is 5.32. The molecule has 1 rings (SSSR count). The van der Waals surface area contributed by atoms with Crippen molar-refractivity contribution < 1.29 is 14.6 Å². The number of amides is 1. The molecule has 0 aliphatic rings. The quantitative estimate of drug-likeness (QED) is 0.735. The zero-order valence-corrected chi connectivity index (χ0v) is 11.9. The number of hydrogen-bond donors (Lipinski definition) is 3. The normalized spacial score (nSPS) is 12.9. The predicted octanol–water partition coefficient (Wildman–Crippen LogP) is 1.84. The van der Waals surface area contributed by atoms with E-state index in [2.05, 4.69) is 10.6 Å². The van der Waals surface area contributed by atoms with Gasteiger partial charge in [-0.2, -0.15) is 0 Å². The smallest absolute Gasteiger partial charge is 0.250 e. The molecule has 1 amide bonds. The van der Waals surface area contributed by atoms with Gasteiger partial charge >= 0.3 is 0 Å². The number of aliphatic hydroxyl groups is 1. The second kappa shape index (κ2) is 6.54. The van der Waals surface area contributed by atoms with Gasteiger partial charge in [0.1, 0.15) is 6.61 Å². The van der Waals surface area contributed by atoms with Crippen LogP contribution in [-0.4, -0.2) is 36.4 Å². The summed E-state index contributed by atoms with van der Waals surface area (Å²) in [6.07, 6.45) is 0. The van der Waals surface area contributed by atoms with Crippen molar-refractivity contribution in [1.29, 1.82) is 0 Å². The molecule has 1 unspecified atom stereocenters. The van der Waals surface area contributed by atoms with Gasteiger partial charge in [-0.15, -0.1) is 0 Å². The third-order valence-corrected chi connectivity index (χ3v) is 2.86. The van der Waals surface area contributed by atoms with Crippen LogP contribution in [0.3, 0.4) is 0 Å². The second-order valence-electron chi connectivity index (χ2n) is 5.08. The van der Waals surface area contributed by atoms with Crippen LogP contribution in [0.25, 0.3) is 0 Å². The molecule has 0 spiro atoms. The molecule has 3 N–H and O–H groups in total. The van der Waals surface area contributed by atoms with Crippen molar-refractivity contribution in [2.24, 2.45) is 0 Å². The molecular formula is C14H22N2O3. The molecule has 0 heterocycles. The van der Waals surface area contributed by atoms with E-state index in [-0.39, 0.29) is 18.6 Å². The maximum atomic E-state index is 11.4. The summed E-state index contributed by atoms with van der Waals surface area (Å²) in [6.45, 7) is 5.41. The molecule has 1 aromatic carbocycles. The average Bonchev–Trinajstić information content (AvgIpc) is 2.28. The number of nitrogens with one attached hydrogen (secondary N) is 2. The minimum absolute atomic E-state index is 0.0255. The minimum Gasteiger partial charge on any atom is -0.388 e. The molecule has 1 atom stereocenters. The first-order chi connectivity index (χ1) is 8.82. The van der Waals surface area contributed by atoms with Crippen LogP contribution in [0, 0.1) is 0 Å². The van der Waals surface area contributed by atoms with Crippen molar-refractivity contribution in [3.63, 3.8) is 0 Å². The van der Waals surface area contributed by atoms with E-state index in [0.717, 1.165) is 5.69 Å². The Hall–Kier alpha value is -1.59. The number of benzene rings is 1. The van der Waals surface area contributed by atoms with Crippen LogP contribution >= 0.6 is 0 Å². The fourth-order valence-electron chi connectivity index (χ4n) is 1.44. The number of hydrogen-bond acceptors (Lipinski definition) is 4. The molecular weight excluding hydrogens is 244 g/mol. The van der Waals surface area contributed by atoms with E-state index >= 15 is 0 Å². The molecule has 1 aromatic rings. The first-order valence-corrected chi connectivity index (χ1v) is 6.20. The minimum atomic E-state index is -0.824. The van der Waals surface area contributed by atoms with Gasteiger partial charge in [0.2, 0.25) is 5.91 Å². The standard InChI is InChI=1S/C14H22N2O3/c1-10(14(2,3)18)15-11-6-5-7-12(8-11)16-13(17)9-19-4/h5-8,10,15,18H,9H2,1-4H3,(H,16,17). The van der Waals surface area contributed by atoms with Gasteiger partial charge in [0.05, 0.1) is 11.6 Å². The summed E-state index contributed by atoms with van der Waals surface area (Å²) in [6, 6.07) is 7.22. The summed E-state index contributed by atoms with van der Waals surface area (Å²) in [5.74, 6) is -0.199. The van der Waals surface area contributed by atoms with Crippen molar-refractivity contribution in [2.75, 3.05) is 24.4 Å². The van der Waals surface area contributed by atoms with E-state index in [1.54, 1.807) is 19.9 Å². The number of carbonyl (C=O) groups excluding carboxylic acids is 1. The fraction of sp³-hybridized carbons (Fsp3) is 0.500. The Bertz CT molecular complexity index is 427. The van der Waals surface area contributed by atoms with Gasteiger partial charge in [0.15, 0.2) is 0 Å². The maximum Gasteiger partial charge on any atom is 0.250 e. The van der Waals surface area contributed by atoms with Gasteiger partial charge < -0.3 is 20.5 Å². The van der Waals surface area contributed by atoms with Crippen molar-refractivity contribution in [3.05, 3.63) is 24.3 Å². The molecule has 0 fully saturated rings. The molecule has 19 heavy (non-hydrogen) atoms. The van der Waals surface area contributed by atoms with Crippen molar-refractivity contribution in [1.82, 2.24) is 0 Å². The first kappa shape index (κ1) is 15.5. The lowest BCUT2D eigenvalue weighted by molar-refractivity contribution is -0.119. The highest BCUT2D eigenvalue weighted by molar-refractivity contribution is 5.92. The number of ether oxygens (including phenoxy) is 1. The van der Waals surface area contributed by atoms with Gasteiger partial charge in [-0.3, -0.25) is 4.79 Å². The maximum absolute atomic E-state index is 11.4. The monoisotopic (exact) mass is 266 g/mol. The van der Waals surface area contributed by atoms with E-state index in [0.29, 0.717) is 5.69 Å². The number of anilines is 2. The molecule has 5 nitrogen and oxygen atoms in total. The van der Waals surface area contributed by atoms with Crippen molar-refractivity contribution in [2.45, 2.75) is 32.4 Å². The van der Waals surface area contributed by atoms with Gasteiger partial charge in [-0.05, 0) is 39.0 Å². The SMILES string of the molecule is COCC(=O)Nc1cccc(NC(C)C(C)(C)O)c1. The number of carbonyl (C=O) groups is 1. The third-order valence-electron chi connectivity index (χ3n) is 2.86. The van der Waals surface area contributed by atoms with Gasteiger partial charge in [-0.25, -0.2) is 0 Å². The van der Waals surface area contributed by atoms with Gasteiger partial charge in [0.25, 0.3) is 0 Å². The van der Waals surface area contributed by atoms with E-state index in [1.165, 1.54) is 7.11 Å². The van der Waals surface area contributed by atoms with E-state index < -0.39 is 5.60 Å². The first-order valence-electron chi connectivity index (χ1n) is 6.20. The predicted molar refractivity (Wildman–Crippen MR) is 76.3 cm³/mol. The Morgan fingerprint density at radius 2 is 2.05 bits per heavy atom. The summed E-state index contributed by atoms with van der Waals surface area (Å²) in [5, 5.41) is 15.8. The molecule has 0 aliphatic heterocycles. The Morgan fingerprint density at radius 3 is 2.63 bits per heavy atom. The average molecular weight is 266 g/mol. The van der Waals surface area contributed by atoms with Crippen LogP contribution < -0.4 is 10.6 Å². The molecule has 5 heteroatoms. The Balaban J connectivity index is 2.69. The lowest BCUT2D eigenvalue weighted by atomic mass is 10.0. The summed E-state index contributed by atoms with van der Waals surface area (Å²) >= 11 is 0. The number of rotatable bonds is 6. The van der Waals surface area contributed by atoms with Gasteiger partial charge in [-0.1, -0.05) is 6.07 Å². The Labute approximate surface area is 114 Å². The summed E-state index contributed by atoms with van der Waals surface area (Å²) in [7, 11) is 1.47. The van der Waals surface area contributed by atoms with Crippen molar-refractivity contribution >= 4 is 17.3 Å². The summed E-state index contributed by atoms with van der Waals surface area (Å²) in [5.41, 5.74) is 0.704. The van der Waals surface area contributed by atoms with E-state index in [4.69, 9.17) is 4.74 Å². The topological polar surface area (TPSA) is 70.6 Å². The second-order valence-corrected chi connectivity index (χ2v) is 5.08. The molecule has 0 saturated heterocycles. The molecule has 106 valence electrons. The van der Waals surface area contributed by atoms with Crippen LogP contribution in [0.1, 0.15) is 20.8 Å². The molecule has 0 bridgehead atoms. The zero-order chi connectivity index (χ0) is 14.5. The van der Waals surface area contributed by atoms with Gasteiger partial charge in [0, 0.05) is 18.5 Å². The fourth-order valence-corrected chi connectivity index (χ4v) is 1.44. The number of methoxy groups -OCH3 is 1. The lowest BCUT2D eigenvalue weighted by Gasteiger charge is -2.27. The molecule has 0 aromatic heterocycles. The van der Waals surface area contributed by atoms with E-state index in [1.807, 2.05) is 25.1 Å². The Morgan fingerprint density at radius 1 is 1.42 bits per heavy atom. The summed E-state index contributed by atoms with van der Waals surface area (Å²) < 4.78 is 4.75. The van der Waals surface area contributed by atoms with Crippen LogP contribution in [0.15, 0.2) is 24.3 Å². The van der Waals surface area contributed by atoms with Crippen LogP contribution in [-0.2, 0) is 9.53 Å². The largest absolute Gasteiger partial charge is 0.388 e. The zero-order valence-electron chi connectivity index (χ0n) is 11.9. The van der Waals surface area contributed by atoms with E-state index in [9.17, 15) is 9.90 Å². The highest BCUT2D eigenvalue weighted by atomic mass is 16.5.